The van der Waals surface area contributed by atoms with Gasteiger partial charge in [-0.2, -0.15) is 0 Å². The minimum atomic E-state index is -1.26. The van der Waals surface area contributed by atoms with Gasteiger partial charge in [0.1, 0.15) is 5.52 Å². The molecule has 2 aromatic heterocycles. The second-order valence-corrected chi connectivity index (χ2v) is 10.7. The Morgan fingerprint density at radius 2 is 1.81 bits per heavy atom. The number of aromatic nitrogens is 2. The monoisotopic (exact) mass is 593 g/mol. The Bertz CT molecular complexity index is 1490. The van der Waals surface area contributed by atoms with Crippen LogP contribution in [-0.4, -0.2) is 62.8 Å². The number of pyridine rings is 2. The normalized spacial score (nSPS) is 17.9. The van der Waals surface area contributed by atoms with Gasteiger partial charge in [-0.25, -0.2) is 14.6 Å². The third kappa shape index (κ3) is 8.51. The summed E-state index contributed by atoms with van der Waals surface area (Å²) in [6.07, 6.45) is 6.35. The summed E-state index contributed by atoms with van der Waals surface area (Å²) in [5.41, 5.74) is 4.05. The first-order chi connectivity index (χ1) is 20.2. The van der Waals surface area contributed by atoms with E-state index in [1.807, 2.05) is 12.1 Å². The summed E-state index contributed by atoms with van der Waals surface area (Å²) in [6.45, 7) is 0.742. The predicted octanol–water partition coefficient (Wildman–Crippen LogP) is 3.68. The number of amides is 2. The van der Waals surface area contributed by atoms with Crippen molar-refractivity contribution < 1.29 is 34.1 Å². The van der Waals surface area contributed by atoms with Gasteiger partial charge < -0.3 is 30.9 Å². The van der Waals surface area contributed by atoms with E-state index in [0.29, 0.717) is 46.5 Å². The molecule has 0 atom stereocenters. The molecule has 2 aliphatic rings. The van der Waals surface area contributed by atoms with Crippen LogP contribution >= 0.6 is 11.8 Å². The van der Waals surface area contributed by atoms with Crippen molar-refractivity contribution >= 4 is 57.9 Å². The van der Waals surface area contributed by atoms with E-state index in [2.05, 4.69) is 38.1 Å². The molecule has 1 aliphatic carbocycles. The number of hydrogen-bond donors (Lipinski definition) is 5. The number of ether oxygens (including phenoxy) is 1. The fraction of sp³-hybridized carbons (Fsp3) is 0.310. The highest BCUT2D eigenvalue weighted by atomic mass is 32.2. The number of hydrogen-bond acceptors (Lipinski definition) is 9. The Hall–Kier alpha value is -4.49. The Morgan fingerprint density at radius 3 is 2.50 bits per heavy atom. The van der Waals surface area contributed by atoms with Crippen LogP contribution in [0.3, 0.4) is 0 Å². The standard InChI is InChI=1S/C25H27N5O3S.C4H4O4/c1-33-23-9-7-18-24(30-23)19(10-11-26-18)29-25(32)16-3-5-17(6-4-16)27-13-15-2-8-21-20(12-15)28-22(31)14-34-21;5-3(6)1-2-4(7)8/h2,7-12,16-17,27H,3-6,13-14H2,1H3,(H,28,31)(H,26,29,32);1-2H,(H,5,6)(H,7,8)/b;2-1+. The number of fused-ring (bicyclic) bond motifs is 2. The molecular weight excluding hydrogens is 562 g/mol. The van der Waals surface area contributed by atoms with Gasteiger partial charge >= 0.3 is 11.9 Å². The lowest BCUT2D eigenvalue weighted by Gasteiger charge is -2.28. The molecule has 0 radical (unpaired) electrons. The minimum absolute atomic E-state index is 0.0251. The van der Waals surface area contributed by atoms with Crippen molar-refractivity contribution in [2.24, 2.45) is 5.92 Å². The topological polar surface area (TPSA) is 180 Å². The average Bonchev–Trinajstić information content (AvgIpc) is 2.99. The third-order valence-electron chi connectivity index (χ3n) is 6.76. The summed E-state index contributed by atoms with van der Waals surface area (Å²) in [5, 5.41) is 25.2. The zero-order chi connectivity index (χ0) is 30.1. The van der Waals surface area contributed by atoms with Crippen LogP contribution in [0.1, 0.15) is 31.2 Å². The number of thioether (sulfide) groups is 1. The summed E-state index contributed by atoms with van der Waals surface area (Å²) in [7, 11) is 1.57. The van der Waals surface area contributed by atoms with Gasteiger partial charge in [-0.3, -0.25) is 14.6 Å². The Labute approximate surface area is 246 Å². The Balaban J connectivity index is 0.000000446. The van der Waals surface area contributed by atoms with Gasteiger partial charge in [0.05, 0.1) is 29.8 Å². The fourth-order valence-corrected chi connectivity index (χ4v) is 5.45. The van der Waals surface area contributed by atoms with Crippen LogP contribution in [0.15, 0.2) is 59.6 Å². The molecule has 42 heavy (non-hydrogen) atoms. The number of carbonyl (C=O) groups excluding carboxylic acids is 2. The van der Waals surface area contributed by atoms with Gasteiger partial charge in [-0.1, -0.05) is 6.07 Å². The summed E-state index contributed by atoms with van der Waals surface area (Å²) in [4.78, 5) is 53.6. The number of rotatable bonds is 8. The fourth-order valence-electron chi connectivity index (χ4n) is 4.66. The van der Waals surface area contributed by atoms with Crippen molar-refractivity contribution in [3.63, 3.8) is 0 Å². The van der Waals surface area contributed by atoms with Crippen molar-refractivity contribution in [1.82, 2.24) is 15.3 Å². The van der Waals surface area contributed by atoms with Crippen LogP contribution in [0.25, 0.3) is 11.0 Å². The van der Waals surface area contributed by atoms with E-state index in [1.54, 1.807) is 37.2 Å². The number of nitrogens with zero attached hydrogens (tertiary/aromatic N) is 2. The summed E-state index contributed by atoms with van der Waals surface area (Å²) < 4.78 is 5.22. The first-order valence-electron chi connectivity index (χ1n) is 13.3. The molecule has 0 bridgehead atoms. The van der Waals surface area contributed by atoms with E-state index in [-0.39, 0.29) is 17.7 Å². The van der Waals surface area contributed by atoms with Crippen molar-refractivity contribution in [1.29, 1.82) is 0 Å². The van der Waals surface area contributed by atoms with Crippen LogP contribution in [-0.2, 0) is 25.7 Å². The molecule has 5 N–H and O–H groups in total. The largest absolute Gasteiger partial charge is 0.481 e. The van der Waals surface area contributed by atoms with E-state index in [4.69, 9.17) is 14.9 Å². The lowest BCUT2D eigenvalue weighted by Crippen LogP contribution is -2.36. The van der Waals surface area contributed by atoms with Crippen molar-refractivity contribution in [3.05, 3.63) is 60.3 Å². The smallest absolute Gasteiger partial charge is 0.328 e. The van der Waals surface area contributed by atoms with Crippen LogP contribution in [0, 0.1) is 5.92 Å². The maximum atomic E-state index is 13.0. The second kappa shape index (κ2) is 14.4. The van der Waals surface area contributed by atoms with E-state index >= 15 is 0 Å². The molecule has 220 valence electrons. The summed E-state index contributed by atoms with van der Waals surface area (Å²) in [5.74, 6) is -1.50. The molecule has 5 rings (SSSR count). The summed E-state index contributed by atoms with van der Waals surface area (Å²) >= 11 is 1.57. The SMILES string of the molecule is COc1ccc2nccc(NC(=O)C3CCC(NCc4ccc5c(c4)NC(=O)CS5)CC3)c2n1.O=C(O)/C=C/C(=O)O. The van der Waals surface area contributed by atoms with Gasteiger partial charge in [0.15, 0.2) is 0 Å². The van der Waals surface area contributed by atoms with E-state index in [0.717, 1.165) is 48.4 Å². The molecule has 3 heterocycles. The quantitative estimate of drug-likeness (QED) is 0.240. The zero-order valence-corrected chi connectivity index (χ0v) is 23.6. The molecule has 0 unspecified atom stereocenters. The number of nitrogens with one attached hydrogen (secondary N) is 3. The van der Waals surface area contributed by atoms with Crippen LogP contribution in [0.4, 0.5) is 11.4 Å². The van der Waals surface area contributed by atoms with Crippen LogP contribution in [0.2, 0.25) is 0 Å². The third-order valence-corrected chi connectivity index (χ3v) is 7.84. The van der Waals surface area contributed by atoms with Gasteiger partial charge in [-0.15, -0.1) is 11.8 Å². The first-order valence-corrected chi connectivity index (χ1v) is 14.2. The van der Waals surface area contributed by atoms with Crippen molar-refractivity contribution in [2.45, 2.75) is 43.2 Å². The molecule has 1 aliphatic heterocycles. The molecule has 12 nitrogen and oxygen atoms in total. The van der Waals surface area contributed by atoms with E-state index in [1.165, 1.54) is 0 Å². The lowest BCUT2D eigenvalue weighted by molar-refractivity contribution is -0.134. The average molecular weight is 594 g/mol. The molecule has 13 heteroatoms. The second-order valence-electron chi connectivity index (χ2n) is 9.68. The minimum Gasteiger partial charge on any atom is -0.481 e. The molecule has 1 aromatic carbocycles. The maximum Gasteiger partial charge on any atom is 0.328 e. The molecular formula is C29H31N5O7S. The molecule has 1 saturated carbocycles. The predicted molar refractivity (Wildman–Crippen MR) is 158 cm³/mol. The van der Waals surface area contributed by atoms with Gasteiger partial charge in [0.2, 0.25) is 17.7 Å². The van der Waals surface area contributed by atoms with Crippen molar-refractivity contribution in [2.75, 3.05) is 23.5 Å². The lowest BCUT2D eigenvalue weighted by atomic mass is 9.85. The highest BCUT2D eigenvalue weighted by Crippen LogP contribution is 2.32. The molecule has 0 spiro atoms. The highest BCUT2D eigenvalue weighted by molar-refractivity contribution is 8.00. The van der Waals surface area contributed by atoms with Gasteiger partial charge in [0.25, 0.3) is 0 Å². The number of aliphatic carboxylic acids is 2. The van der Waals surface area contributed by atoms with Gasteiger partial charge in [0, 0.05) is 47.8 Å². The van der Waals surface area contributed by atoms with E-state index in [9.17, 15) is 19.2 Å². The zero-order valence-electron chi connectivity index (χ0n) is 22.8. The number of carbonyl (C=O) groups is 4. The van der Waals surface area contributed by atoms with Crippen LogP contribution in [0.5, 0.6) is 5.88 Å². The first kappa shape index (κ1) is 30.5. The molecule has 2 amide bonds. The maximum absolute atomic E-state index is 13.0. The number of carboxylic acid groups (broad SMARTS) is 2. The Kier molecular flexibility index (Phi) is 10.5. The number of carboxylic acids is 2. The van der Waals surface area contributed by atoms with E-state index < -0.39 is 11.9 Å². The van der Waals surface area contributed by atoms with Crippen molar-refractivity contribution in [3.8, 4) is 5.88 Å². The molecule has 0 saturated heterocycles. The van der Waals surface area contributed by atoms with Gasteiger partial charge in [-0.05, 0) is 55.5 Å². The molecule has 3 aromatic rings. The highest BCUT2D eigenvalue weighted by Gasteiger charge is 2.27. The van der Waals surface area contributed by atoms with Crippen LogP contribution < -0.4 is 20.7 Å². The number of benzene rings is 1. The summed E-state index contributed by atoms with van der Waals surface area (Å²) in [6, 6.07) is 12.0. The molecule has 1 fully saturated rings. The Morgan fingerprint density at radius 1 is 1.07 bits per heavy atom. The number of anilines is 2. The number of methoxy groups -OCH3 is 1.